The summed E-state index contributed by atoms with van der Waals surface area (Å²) in [6.45, 7) is 10.3. The highest BCUT2D eigenvalue weighted by atomic mass is 79.9. The van der Waals surface area contributed by atoms with Crippen LogP contribution in [-0.2, 0) is 24.3 Å². The Kier molecular flexibility index (Phi) is 7.63. The molecule has 0 spiro atoms. The maximum Gasteiger partial charge on any atom is 0.264 e. The Labute approximate surface area is 165 Å². The van der Waals surface area contributed by atoms with E-state index in [1.807, 2.05) is 0 Å². The Morgan fingerprint density at radius 3 is 2.31 bits per heavy atom. The van der Waals surface area contributed by atoms with E-state index in [0.717, 1.165) is 6.26 Å². The van der Waals surface area contributed by atoms with Gasteiger partial charge in [0.2, 0.25) is 0 Å². The number of hydrogen-bond donors (Lipinski definition) is 1. The van der Waals surface area contributed by atoms with Gasteiger partial charge in [-0.1, -0.05) is 26.8 Å². The van der Waals surface area contributed by atoms with E-state index in [9.17, 15) is 17.9 Å². The summed E-state index contributed by atoms with van der Waals surface area (Å²) in [6.07, 6.45) is 1.03. The number of rotatable bonds is 8. The molecule has 0 bridgehead atoms. The lowest BCUT2D eigenvalue weighted by molar-refractivity contribution is -0.0252. The lowest BCUT2D eigenvalue weighted by Gasteiger charge is -2.37. The number of aliphatic hydroxyl groups is 1. The highest BCUT2D eigenvalue weighted by Crippen LogP contribution is 2.37. The van der Waals surface area contributed by atoms with E-state index in [1.54, 1.807) is 0 Å². The molecule has 26 heavy (non-hydrogen) atoms. The quantitative estimate of drug-likeness (QED) is 0.455. The predicted octanol–water partition coefficient (Wildman–Crippen LogP) is 4.16. The minimum atomic E-state index is -3.74. The summed E-state index contributed by atoms with van der Waals surface area (Å²) < 4.78 is 47.4. The molecule has 5 nitrogen and oxygen atoms in total. The zero-order chi connectivity index (χ0) is 20.4. The van der Waals surface area contributed by atoms with Crippen molar-refractivity contribution in [2.45, 2.75) is 50.9 Å². The van der Waals surface area contributed by atoms with E-state index < -0.39 is 36.5 Å². The summed E-state index contributed by atoms with van der Waals surface area (Å²) in [6, 6.07) is 4.05. The Morgan fingerprint density at radius 2 is 1.85 bits per heavy atom. The van der Waals surface area contributed by atoms with Crippen molar-refractivity contribution in [1.29, 1.82) is 0 Å². The molecule has 1 N–H and O–H groups in total. The standard InChI is InChI=1S/C17H28BrFO5SSi/c1-16(2,3)26(5,6)24-10-9-17(20,12-23-25(4,21)22)13-7-8-15(19)14(18)11-13/h7-8,11,20H,9-10,12H2,1-6H3. The largest absolute Gasteiger partial charge is 0.417 e. The minimum absolute atomic E-state index is 0.00722. The Morgan fingerprint density at radius 1 is 1.27 bits per heavy atom. The molecule has 1 unspecified atom stereocenters. The van der Waals surface area contributed by atoms with Gasteiger partial charge in [-0.3, -0.25) is 4.18 Å². The van der Waals surface area contributed by atoms with Crippen LogP contribution in [0.25, 0.3) is 0 Å². The fourth-order valence-corrected chi connectivity index (χ4v) is 3.81. The third kappa shape index (κ3) is 6.69. The maximum atomic E-state index is 13.5. The van der Waals surface area contributed by atoms with Gasteiger partial charge in [-0.25, -0.2) is 4.39 Å². The zero-order valence-electron chi connectivity index (χ0n) is 16.1. The van der Waals surface area contributed by atoms with Gasteiger partial charge in [0.05, 0.1) is 17.3 Å². The summed E-state index contributed by atoms with van der Waals surface area (Å²) in [5.41, 5.74) is -1.27. The molecular weight excluding hydrogens is 443 g/mol. The van der Waals surface area contributed by atoms with Crippen molar-refractivity contribution < 1.29 is 26.5 Å². The number of benzene rings is 1. The van der Waals surface area contributed by atoms with Gasteiger partial charge in [-0.05, 0) is 51.8 Å². The summed E-state index contributed by atoms with van der Waals surface area (Å²) >= 11 is 3.09. The van der Waals surface area contributed by atoms with Crippen LogP contribution in [0.2, 0.25) is 18.1 Å². The maximum absolute atomic E-state index is 13.5. The van der Waals surface area contributed by atoms with Crippen LogP contribution in [0.4, 0.5) is 4.39 Å². The van der Waals surface area contributed by atoms with Crippen LogP contribution in [0.5, 0.6) is 0 Å². The molecule has 0 fully saturated rings. The molecule has 1 rings (SSSR count). The number of hydrogen-bond acceptors (Lipinski definition) is 5. The van der Waals surface area contributed by atoms with Gasteiger partial charge in [0.15, 0.2) is 8.32 Å². The van der Waals surface area contributed by atoms with Crippen LogP contribution in [0.3, 0.4) is 0 Å². The summed E-state index contributed by atoms with van der Waals surface area (Å²) in [4.78, 5) is 0. The molecule has 0 aliphatic carbocycles. The van der Waals surface area contributed by atoms with E-state index in [4.69, 9.17) is 8.61 Å². The Bertz CT molecular complexity index is 733. The molecule has 0 heterocycles. The van der Waals surface area contributed by atoms with Gasteiger partial charge >= 0.3 is 0 Å². The predicted molar refractivity (Wildman–Crippen MR) is 107 cm³/mol. The smallest absolute Gasteiger partial charge is 0.264 e. The van der Waals surface area contributed by atoms with Crippen molar-refractivity contribution in [3.05, 3.63) is 34.1 Å². The van der Waals surface area contributed by atoms with Crippen molar-refractivity contribution in [1.82, 2.24) is 0 Å². The van der Waals surface area contributed by atoms with Crippen molar-refractivity contribution >= 4 is 34.4 Å². The third-order valence-electron chi connectivity index (χ3n) is 4.75. The van der Waals surface area contributed by atoms with Crippen LogP contribution in [0.15, 0.2) is 22.7 Å². The highest BCUT2D eigenvalue weighted by Gasteiger charge is 2.38. The van der Waals surface area contributed by atoms with Crippen LogP contribution >= 0.6 is 15.9 Å². The van der Waals surface area contributed by atoms with E-state index in [0.29, 0.717) is 5.56 Å². The van der Waals surface area contributed by atoms with Crippen molar-refractivity contribution in [3.8, 4) is 0 Å². The number of halogens is 2. The second-order valence-electron chi connectivity index (χ2n) is 7.99. The topological polar surface area (TPSA) is 72.8 Å². The molecule has 0 amide bonds. The summed E-state index contributed by atoms with van der Waals surface area (Å²) in [5.74, 6) is -0.474. The molecule has 1 aromatic rings. The van der Waals surface area contributed by atoms with Gasteiger partial charge in [0, 0.05) is 13.0 Å². The fraction of sp³-hybridized carbons (Fsp3) is 0.647. The molecule has 0 aromatic heterocycles. The van der Waals surface area contributed by atoms with Crippen LogP contribution in [0.1, 0.15) is 32.8 Å². The Balaban J connectivity index is 3.03. The second kappa shape index (κ2) is 8.36. The van der Waals surface area contributed by atoms with Gasteiger partial charge in [0.25, 0.3) is 10.1 Å². The molecule has 0 saturated heterocycles. The lowest BCUT2D eigenvalue weighted by atomic mass is 9.91. The average Bonchev–Trinajstić information content (AvgIpc) is 2.46. The molecule has 0 saturated carbocycles. The first-order valence-corrected chi connectivity index (χ1v) is 13.8. The van der Waals surface area contributed by atoms with E-state index in [1.165, 1.54) is 18.2 Å². The van der Waals surface area contributed by atoms with Gasteiger partial charge in [-0.2, -0.15) is 8.42 Å². The Hall–Kier alpha value is -0.323. The summed E-state index contributed by atoms with van der Waals surface area (Å²) in [5, 5.41) is 11.1. The molecular formula is C17H28BrFO5SSi. The van der Waals surface area contributed by atoms with Gasteiger partial charge < -0.3 is 9.53 Å². The monoisotopic (exact) mass is 470 g/mol. The van der Waals surface area contributed by atoms with Crippen LogP contribution < -0.4 is 0 Å². The molecule has 0 radical (unpaired) electrons. The highest BCUT2D eigenvalue weighted by molar-refractivity contribution is 9.10. The first-order valence-electron chi connectivity index (χ1n) is 8.24. The van der Waals surface area contributed by atoms with Crippen LogP contribution in [0, 0.1) is 5.82 Å². The average molecular weight is 471 g/mol. The normalized spacial score (nSPS) is 15.7. The molecule has 1 aromatic carbocycles. The first kappa shape index (κ1) is 23.7. The lowest BCUT2D eigenvalue weighted by Crippen LogP contribution is -2.42. The van der Waals surface area contributed by atoms with E-state index in [2.05, 4.69) is 49.8 Å². The minimum Gasteiger partial charge on any atom is -0.417 e. The zero-order valence-corrected chi connectivity index (χ0v) is 19.5. The summed E-state index contributed by atoms with van der Waals surface area (Å²) in [7, 11) is -5.76. The van der Waals surface area contributed by atoms with Gasteiger partial charge in [-0.15, -0.1) is 0 Å². The first-order chi connectivity index (χ1) is 11.6. The fourth-order valence-electron chi connectivity index (χ4n) is 1.98. The SMILES string of the molecule is CC(C)(C)[Si](C)(C)OCCC(O)(COS(C)(=O)=O)c1ccc(F)c(Br)c1. The third-order valence-corrected chi connectivity index (χ3v) is 10.4. The van der Waals surface area contributed by atoms with E-state index in [-0.39, 0.29) is 22.5 Å². The molecule has 1 atom stereocenters. The van der Waals surface area contributed by atoms with Crippen molar-refractivity contribution in [2.75, 3.05) is 19.5 Å². The van der Waals surface area contributed by atoms with Crippen molar-refractivity contribution in [3.63, 3.8) is 0 Å². The van der Waals surface area contributed by atoms with E-state index >= 15 is 0 Å². The van der Waals surface area contributed by atoms with Crippen molar-refractivity contribution in [2.24, 2.45) is 0 Å². The molecule has 0 aliphatic heterocycles. The molecule has 150 valence electrons. The second-order valence-corrected chi connectivity index (χ2v) is 15.3. The molecule has 9 heteroatoms. The van der Waals surface area contributed by atoms with Gasteiger partial charge in [0.1, 0.15) is 11.4 Å². The molecule has 0 aliphatic rings. The van der Waals surface area contributed by atoms with Crippen LogP contribution in [-0.4, -0.2) is 41.3 Å².